The van der Waals surface area contributed by atoms with Crippen LogP contribution < -0.4 is 11.1 Å². The lowest BCUT2D eigenvalue weighted by Gasteiger charge is -2.18. The van der Waals surface area contributed by atoms with Crippen molar-refractivity contribution in [3.05, 3.63) is 0 Å². The maximum Gasteiger partial charge on any atom is 0.327 e. The van der Waals surface area contributed by atoms with E-state index in [4.69, 9.17) is 39.2 Å². The van der Waals surface area contributed by atoms with Gasteiger partial charge >= 0.3 is 7.60 Å². The number of hydrogen-bond acceptors (Lipinski definition) is 9. The Kier molecular flexibility index (Phi) is 18.2. The first kappa shape index (κ1) is 29.7. The molecule has 1 amide bonds. The van der Waals surface area contributed by atoms with Crippen LogP contribution in [-0.4, -0.2) is 112 Å². The van der Waals surface area contributed by atoms with Gasteiger partial charge in [-0.05, 0) is 6.92 Å². The molecule has 5 N–H and O–H groups in total. The molecular formula is C17H37N2O9PS. The number of carbonyl (C=O) groups excluding carboxylic acids is 1. The van der Waals surface area contributed by atoms with E-state index in [1.54, 1.807) is 14.2 Å². The number of rotatable bonds is 20. The zero-order chi connectivity index (χ0) is 22.8. The number of hydrogen-bond donors (Lipinski definition) is 4. The quantitative estimate of drug-likeness (QED) is 0.132. The lowest BCUT2D eigenvalue weighted by atomic mass is 10.3. The van der Waals surface area contributed by atoms with Gasteiger partial charge in [0.05, 0.1) is 64.6 Å². The van der Waals surface area contributed by atoms with Crippen LogP contribution in [0.2, 0.25) is 0 Å². The van der Waals surface area contributed by atoms with Crippen molar-refractivity contribution in [1.29, 1.82) is 0 Å². The van der Waals surface area contributed by atoms with Crippen LogP contribution >= 0.6 is 19.4 Å². The van der Waals surface area contributed by atoms with Crippen LogP contribution in [0.15, 0.2) is 0 Å². The Morgan fingerprint density at radius 2 is 1.63 bits per heavy atom. The zero-order valence-corrected chi connectivity index (χ0v) is 19.7. The average molecular weight is 477 g/mol. The minimum atomic E-state index is -4.01. The van der Waals surface area contributed by atoms with Gasteiger partial charge in [0.1, 0.15) is 0 Å². The molecule has 0 rings (SSSR count). The van der Waals surface area contributed by atoms with Crippen LogP contribution in [0.1, 0.15) is 6.92 Å². The fourth-order valence-electron chi connectivity index (χ4n) is 2.05. The Morgan fingerprint density at radius 3 is 2.20 bits per heavy atom. The second-order valence-corrected chi connectivity index (χ2v) is 9.41. The largest absolute Gasteiger partial charge is 0.382 e. The highest BCUT2D eigenvalue weighted by Gasteiger charge is 2.17. The zero-order valence-electron chi connectivity index (χ0n) is 18.0. The van der Waals surface area contributed by atoms with Gasteiger partial charge in [0.25, 0.3) is 0 Å². The smallest absolute Gasteiger partial charge is 0.327 e. The van der Waals surface area contributed by atoms with Crippen LogP contribution in [0.4, 0.5) is 0 Å². The topological polar surface area (TPSA) is 159 Å². The van der Waals surface area contributed by atoms with Crippen molar-refractivity contribution < 1.29 is 42.8 Å². The van der Waals surface area contributed by atoms with E-state index in [2.05, 4.69) is 5.32 Å². The van der Waals surface area contributed by atoms with Crippen LogP contribution in [0.5, 0.6) is 0 Å². The lowest BCUT2D eigenvalue weighted by Crippen LogP contribution is -2.47. The third-order valence-electron chi connectivity index (χ3n) is 3.65. The molecule has 0 aliphatic heterocycles. The van der Waals surface area contributed by atoms with Crippen molar-refractivity contribution in [2.45, 2.75) is 25.1 Å². The number of nitrogens with two attached hydrogens (primary N) is 1. The predicted octanol–water partition coefficient (Wildman–Crippen LogP) is -0.559. The van der Waals surface area contributed by atoms with E-state index in [9.17, 15) is 9.36 Å². The Bertz CT molecular complexity index is 484. The lowest BCUT2D eigenvalue weighted by molar-refractivity contribution is -0.122. The summed E-state index contributed by atoms with van der Waals surface area (Å²) < 4.78 is 36.7. The number of amides is 1. The summed E-state index contributed by atoms with van der Waals surface area (Å²) in [5, 5.41) is 2.81. The molecule has 180 valence electrons. The Hall–Kier alpha value is -0.270. The highest BCUT2D eigenvalue weighted by atomic mass is 32.2. The van der Waals surface area contributed by atoms with Crippen LogP contribution in [-0.2, 0) is 33.0 Å². The molecule has 0 saturated heterocycles. The van der Waals surface area contributed by atoms with Crippen molar-refractivity contribution in [1.82, 2.24) is 5.32 Å². The summed E-state index contributed by atoms with van der Waals surface area (Å²) >= 11 is 1.54. The maximum atomic E-state index is 12.1. The molecule has 0 aliphatic rings. The van der Waals surface area contributed by atoms with Crippen LogP contribution in [0.25, 0.3) is 0 Å². The van der Waals surface area contributed by atoms with E-state index in [0.29, 0.717) is 44.5 Å². The Labute approximate surface area is 182 Å². The molecule has 0 radical (unpaired) electrons. The van der Waals surface area contributed by atoms with Crippen LogP contribution in [0.3, 0.4) is 0 Å². The van der Waals surface area contributed by atoms with Gasteiger partial charge in [0, 0.05) is 31.8 Å². The molecule has 30 heavy (non-hydrogen) atoms. The molecule has 0 bridgehead atoms. The number of nitrogens with one attached hydrogen (secondary N) is 1. The van der Waals surface area contributed by atoms with Crippen molar-refractivity contribution >= 4 is 25.3 Å². The second-order valence-electron chi connectivity index (χ2n) is 6.55. The molecule has 0 spiro atoms. The monoisotopic (exact) mass is 476 g/mol. The molecule has 0 unspecified atom stereocenters. The molecule has 0 heterocycles. The number of thioether (sulfide) groups is 1. The van der Waals surface area contributed by atoms with Crippen molar-refractivity contribution in [2.75, 3.05) is 78.1 Å². The first-order chi connectivity index (χ1) is 14.2. The second kappa shape index (κ2) is 18.3. The van der Waals surface area contributed by atoms with Crippen molar-refractivity contribution in [3.8, 4) is 0 Å². The van der Waals surface area contributed by atoms with Gasteiger partial charge in [-0.3, -0.25) is 9.36 Å². The fourth-order valence-corrected chi connectivity index (χ4v) is 3.45. The molecule has 0 aliphatic carbocycles. The highest BCUT2D eigenvalue weighted by molar-refractivity contribution is 7.99. The number of carbonyl (C=O) groups is 1. The molecule has 3 atom stereocenters. The standard InChI is InChI=1S/C17H37N2O9PS/c1-14(10-28-7-6-26-4-5-27-8-9-29(21,22)23)19-17(20)16(18)13-30-12-15(25-3)11-24-2/h14-16H,4-13,18H2,1-3H3,(H,19,20)(H2,21,22,23)/t14-,15+,16-/m0/s1. The summed E-state index contributed by atoms with van der Waals surface area (Å²) in [5.74, 6) is 0.939. The van der Waals surface area contributed by atoms with E-state index in [1.165, 1.54) is 11.8 Å². The van der Waals surface area contributed by atoms with Gasteiger partial charge in [-0.2, -0.15) is 11.8 Å². The summed E-state index contributed by atoms with van der Waals surface area (Å²) in [5.41, 5.74) is 5.91. The molecule has 0 aromatic carbocycles. The molecule has 11 nitrogen and oxygen atoms in total. The normalized spacial score (nSPS) is 15.0. The number of ether oxygens (including phenoxy) is 5. The summed E-state index contributed by atoms with van der Waals surface area (Å²) in [4.78, 5) is 29.4. The van der Waals surface area contributed by atoms with E-state index < -0.39 is 13.6 Å². The fraction of sp³-hybridized carbons (Fsp3) is 0.941. The molecule has 0 aromatic rings. The third kappa shape index (κ3) is 18.5. The molecule has 13 heteroatoms. The van der Waals surface area contributed by atoms with Crippen molar-refractivity contribution in [3.63, 3.8) is 0 Å². The highest BCUT2D eigenvalue weighted by Crippen LogP contribution is 2.33. The van der Waals surface area contributed by atoms with E-state index in [-0.39, 0.29) is 37.4 Å². The van der Waals surface area contributed by atoms with E-state index >= 15 is 0 Å². The average Bonchev–Trinajstić information content (AvgIpc) is 2.67. The first-order valence-electron chi connectivity index (χ1n) is 9.62. The Balaban J connectivity index is 3.65. The summed E-state index contributed by atoms with van der Waals surface area (Å²) in [6.07, 6.45) is -0.333. The maximum absolute atomic E-state index is 12.1. The SMILES string of the molecule is COC[C@H](CSC[C@H](N)C(=O)N[C@@H](C)COCCOCCOCCP(=O)(O)O)OC. The molecular weight excluding hydrogens is 439 g/mol. The van der Waals surface area contributed by atoms with Gasteiger partial charge in [-0.25, -0.2) is 0 Å². The van der Waals surface area contributed by atoms with Gasteiger partial charge in [0.2, 0.25) is 5.91 Å². The molecule has 0 aromatic heterocycles. The van der Waals surface area contributed by atoms with Gasteiger partial charge in [0.15, 0.2) is 0 Å². The third-order valence-corrected chi connectivity index (χ3v) is 5.62. The summed E-state index contributed by atoms with van der Waals surface area (Å²) in [7, 11) is -0.782. The van der Waals surface area contributed by atoms with Crippen molar-refractivity contribution in [2.24, 2.45) is 5.73 Å². The first-order valence-corrected chi connectivity index (χ1v) is 12.6. The minimum absolute atomic E-state index is 0.0118. The summed E-state index contributed by atoms with van der Waals surface area (Å²) in [6, 6.07) is -0.809. The van der Waals surface area contributed by atoms with Gasteiger partial charge < -0.3 is 44.5 Å². The molecule has 0 fully saturated rings. The minimum Gasteiger partial charge on any atom is -0.382 e. The summed E-state index contributed by atoms with van der Waals surface area (Å²) in [6.45, 7) is 3.88. The van der Waals surface area contributed by atoms with E-state index in [1.807, 2.05) is 6.92 Å². The Morgan fingerprint density at radius 1 is 1.03 bits per heavy atom. The van der Waals surface area contributed by atoms with Gasteiger partial charge in [-0.1, -0.05) is 0 Å². The number of methoxy groups -OCH3 is 2. The van der Waals surface area contributed by atoms with Crippen LogP contribution in [0, 0.1) is 0 Å². The molecule has 0 saturated carbocycles. The predicted molar refractivity (Wildman–Crippen MR) is 115 cm³/mol. The van der Waals surface area contributed by atoms with Gasteiger partial charge in [-0.15, -0.1) is 0 Å². The van der Waals surface area contributed by atoms with E-state index in [0.717, 1.165) is 0 Å².